The minimum Gasteiger partial charge on any atom is -0.453 e. The summed E-state index contributed by atoms with van der Waals surface area (Å²) >= 11 is 0. The van der Waals surface area contributed by atoms with Crippen LogP contribution >= 0.6 is 0 Å². The highest BCUT2D eigenvalue weighted by atomic mass is 16.6. The summed E-state index contributed by atoms with van der Waals surface area (Å²) in [4.78, 5) is 11.6. The number of fused-ring (bicyclic) bond motifs is 1. The molecule has 1 aliphatic rings. The summed E-state index contributed by atoms with van der Waals surface area (Å²) in [5.41, 5.74) is 3.28. The highest BCUT2D eigenvalue weighted by molar-refractivity contribution is 5.97. The number of rotatable bonds is 7. The number of hydrogen-bond acceptors (Lipinski definition) is 5. The Labute approximate surface area is 171 Å². The zero-order valence-corrected chi connectivity index (χ0v) is 17.4. The van der Waals surface area contributed by atoms with Crippen LogP contribution in [0.5, 0.6) is 5.75 Å². The molecule has 1 aliphatic heterocycles. The maximum absolute atomic E-state index is 11.6. The summed E-state index contributed by atoms with van der Waals surface area (Å²) in [7, 11) is 0. The zero-order chi connectivity index (χ0) is 21.2. The molecule has 0 saturated carbocycles. The van der Waals surface area contributed by atoms with Gasteiger partial charge in [-0.15, -0.1) is 0 Å². The van der Waals surface area contributed by atoms with Crippen LogP contribution in [0.3, 0.4) is 0 Å². The largest absolute Gasteiger partial charge is 0.453 e. The second-order valence-electron chi connectivity index (χ2n) is 8.54. The molecule has 0 aliphatic carbocycles. The van der Waals surface area contributed by atoms with Crippen LogP contribution in [0.15, 0.2) is 42.5 Å². The van der Waals surface area contributed by atoms with Crippen molar-refractivity contribution in [3.05, 3.63) is 59.2 Å². The summed E-state index contributed by atoms with van der Waals surface area (Å²) < 4.78 is 5.31. The zero-order valence-electron chi connectivity index (χ0n) is 17.4. The van der Waals surface area contributed by atoms with Gasteiger partial charge in [0.2, 0.25) is 0 Å². The minimum atomic E-state index is -1.57. The van der Waals surface area contributed by atoms with E-state index in [4.69, 9.17) is 4.74 Å². The minimum absolute atomic E-state index is 0.232. The molecule has 156 valence electrons. The number of ether oxygens (including phenoxy) is 1. The van der Waals surface area contributed by atoms with Gasteiger partial charge in [0, 0.05) is 17.6 Å². The fourth-order valence-corrected chi connectivity index (χ4v) is 3.48. The normalized spacial score (nSPS) is 17.5. The van der Waals surface area contributed by atoms with E-state index in [1.54, 1.807) is 18.2 Å². The van der Waals surface area contributed by atoms with Crippen LogP contribution in [0.2, 0.25) is 0 Å². The number of hydrogen-bond donors (Lipinski definition) is 4. The van der Waals surface area contributed by atoms with Gasteiger partial charge in [-0.05, 0) is 43.4 Å². The van der Waals surface area contributed by atoms with E-state index >= 15 is 0 Å². The molecule has 1 heterocycles. The number of carbonyl (C=O) groups excluding carboxylic acids is 1. The molecular formula is C23H30N2O4. The number of para-hydroxylation sites is 1. The first-order valence-corrected chi connectivity index (χ1v) is 9.97. The third-order valence-electron chi connectivity index (χ3n) is 5.18. The Hall–Kier alpha value is -2.41. The maximum atomic E-state index is 11.6. The summed E-state index contributed by atoms with van der Waals surface area (Å²) in [6.07, 6.45) is -1.61. The van der Waals surface area contributed by atoms with Crippen molar-refractivity contribution in [1.82, 2.24) is 5.32 Å². The quantitative estimate of drug-likeness (QED) is 0.575. The van der Waals surface area contributed by atoms with Crippen molar-refractivity contribution in [2.75, 3.05) is 11.9 Å². The van der Waals surface area contributed by atoms with E-state index in [2.05, 4.69) is 62.6 Å². The van der Waals surface area contributed by atoms with Gasteiger partial charge in [-0.2, -0.15) is 0 Å². The SMILES string of the molecule is CC(C)c1ccc(CC(C)(C)NCC(O)c2cccc3c2OC(O)C(=O)N3)cc1. The monoisotopic (exact) mass is 398 g/mol. The first kappa shape index (κ1) is 21.3. The first-order valence-electron chi connectivity index (χ1n) is 9.97. The van der Waals surface area contributed by atoms with Gasteiger partial charge < -0.3 is 25.6 Å². The number of aliphatic hydroxyl groups is 2. The van der Waals surface area contributed by atoms with Crippen molar-refractivity contribution >= 4 is 11.6 Å². The molecule has 1 amide bonds. The standard InChI is InChI=1S/C23H30N2O4/c1-14(2)16-10-8-15(9-11-16)12-23(3,4)24-13-19(26)17-6-5-7-18-20(17)29-22(28)21(27)25-18/h5-11,14,19,22,24,26,28H,12-13H2,1-4H3,(H,25,27). The van der Waals surface area contributed by atoms with Crippen molar-refractivity contribution in [3.8, 4) is 5.75 Å². The molecule has 0 aromatic heterocycles. The van der Waals surface area contributed by atoms with Gasteiger partial charge >= 0.3 is 0 Å². The Balaban J connectivity index is 1.65. The van der Waals surface area contributed by atoms with Gasteiger partial charge in [-0.1, -0.05) is 50.2 Å². The number of benzene rings is 2. The summed E-state index contributed by atoms with van der Waals surface area (Å²) in [6.45, 7) is 8.85. The predicted octanol–water partition coefficient (Wildman–Crippen LogP) is 3.10. The fraction of sp³-hybridized carbons (Fsp3) is 0.435. The van der Waals surface area contributed by atoms with Crippen LogP contribution in [0.25, 0.3) is 0 Å². The summed E-state index contributed by atoms with van der Waals surface area (Å²) in [6, 6.07) is 13.8. The van der Waals surface area contributed by atoms with Crippen LogP contribution in [-0.2, 0) is 11.2 Å². The van der Waals surface area contributed by atoms with Crippen molar-refractivity contribution in [2.24, 2.45) is 0 Å². The second-order valence-corrected chi connectivity index (χ2v) is 8.54. The first-order chi connectivity index (χ1) is 13.7. The third-order valence-corrected chi connectivity index (χ3v) is 5.18. The summed E-state index contributed by atoms with van der Waals surface area (Å²) in [5, 5.41) is 26.4. The molecule has 4 N–H and O–H groups in total. The molecular weight excluding hydrogens is 368 g/mol. The van der Waals surface area contributed by atoms with Crippen LogP contribution in [-0.4, -0.2) is 34.5 Å². The highest BCUT2D eigenvalue weighted by Crippen LogP contribution is 2.36. The molecule has 2 aromatic carbocycles. The average molecular weight is 399 g/mol. The van der Waals surface area contributed by atoms with Crippen molar-refractivity contribution in [3.63, 3.8) is 0 Å². The van der Waals surface area contributed by atoms with Gasteiger partial charge in [0.05, 0.1) is 11.8 Å². The van der Waals surface area contributed by atoms with E-state index in [0.29, 0.717) is 29.5 Å². The van der Waals surface area contributed by atoms with E-state index in [9.17, 15) is 15.0 Å². The molecule has 2 unspecified atom stereocenters. The Morgan fingerprint density at radius 1 is 1.17 bits per heavy atom. The molecule has 0 radical (unpaired) electrons. The maximum Gasteiger partial charge on any atom is 0.293 e. The molecule has 0 spiro atoms. The summed E-state index contributed by atoms with van der Waals surface area (Å²) in [5.74, 6) is 0.190. The number of β-amino-alcohol motifs (C(OH)–C–C–N with tert-alkyl or cyclic N) is 1. The Kier molecular flexibility index (Phi) is 6.27. The van der Waals surface area contributed by atoms with E-state index in [1.165, 1.54) is 11.1 Å². The lowest BCUT2D eigenvalue weighted by molar-refractivity contribution is -0.139. The van der Waals surface area contributed by atoms with Gasteiger partial charge in [0.25, 0.3) is 12.2 Å². The molecule has 3 rings (SSSR count). The number of aliphatic hydroxyl groups excluding tert-OH is 2. The van der Waals surface area contributed by atoms with Gasteiger partial charge in [0.15, 0.2) is 5.75 Å². The van der Waals surface area contributed by atoms with E-state index in [1.807, 2.05) is 0 Å². The smallest absolute Gasteiger partial charge is 0.293 e. The van der Waals surface area contributed by atoms with Crippen LogP contribution in [0.4, 0.5) is 5.69 Å². The molecule has 2 atom stereocenters. The van der Waals surface area contributed by atoms with E-state index in [-0.39, 0.29) is 5.54 Å². The molecule has 6 nitrogen and oxygen atoms in total. The molecule has 2 aromatic rings. The lowest BCUT2D eigenvalue weighted by Crippen LogP contribution is -2.43. The number of amides is 1. The highest BCUT2D eigenvalue weighted by Gasteiger charge is 2.29. The number of anilines is 1. The van der Waals surface area contributed by atoms with Crippen LogP contribution < -0.4 is 15.4 Å². The van der Waals surface area contributed by atoms with Crippen LogP contribution in [0, 0.1) is 0 Å². The van der Waals surface area contributed by atoms with Crippen LogP contribution in [0.1, 0.15) is 56.4 Å². The Bertz CT molecular complexity index is 862. The average Bonchev–Trinajstić information content (AvgIpc) is 2.67. The number of nitrogens with one attached hydrogen (secondary N) is 2. The van der Waals surface area contributed by atoms with E-state index in [0.717, 1.165) is 6.42 Å². The van der Waals surface area contributed by atoms with Crippen molar-refractivity contribution in [1.29, 1.82) is 0 Å². The molecule has 29 heavy (non-hydrogen) atoms. The van der Waals surface area contributed by atoms with E-state index < -0.39 is 18.3 Å². The third kappa shape index (κ3) is 5.15. The molecule has 0 bridgehead atoms. The Morgan fingerprint density at radius 3 is 2.52 bits per heavy atom. The predicted molar refractivity (Wildman–Crippen MR) is 113 cm³/mol. The fourth-order valence-electron chi connectivity index (χ4n) is 3.48. The van der Waals surface area contributed by atoms with Gasteiger partial charge in [-0.25, -0.2) is 0 Å². The topological polar surface area (TPSA) is 90.8 Å². The van der Waals surface area contributed by atoms with Gasteiger partial charge in [0.1, 0.15) is 0 Å². The second kappa shape index (κ2) is 8.53. The Morgan fingerprint density at radius 2 is 1.86 bits per heavy atom. The lowest BCUT2D eigenvalue weighted by atomic mass is 9.92. The van der Waals surface area contributed by atoms with Crippen molar-refractivity contribution < 1.29 is 19.7 Å². The van der Waals surface area contributed by atoms with Crippen molar-refractivity contribution in [2.45, 2.75) is 58.0 Å². The number of carbonyl (C=O) groups is 1. The molecule has 0 saturated heterocycles. The molecule has 6 heteroatoms. The lowest BCUT2D eigenvalue weighted by Gasteiger charge is -2.30. The van der Waals surface area contributed by atoms with Gasteiger partial charge in [-0.3, -0.25) is 4.79 Å². The molecule has 0 fully saturated rings.